The van der Waals surface area contributed by atoms with E-state index in [1.165, 1.54) is 6.07 Å². The van der Waals surface area contributed by atoms with Crippen LogP contribution in [-0.2, 0) is 22.6 Å². The maximum Gasteiger partial charge on any atom is 0.409 e. The largest absolute Gasteiger partial charge is 0.450 e. The summed E-state index contributed by atoms with van der Waals surface area (Å²) < 4.78 is 23.8. The van der Waals surface area contributed by atoms with E-state index in [4.69, 9.17) is 9.47 Å². The Kier molecular flexibility index (Phi) is 9.00. The van der Waals surface area contributed by atoms with Crippen LogP contribution in [0.2, 0.25) is 0 Å². The van der Waals surface area contributed by atoms with E-state index in [9.17, 15) is 9.18 Å². The standard InChI is InChI=1S/C20H31FN4O3/c1-4-22-19(23-13-15-6-7-18(21)16(12-15)14-27-3)24-17-8-10-25(11-9-17)20(26)28-5-2/h6-7,12,17H,4-5,8-11,13-14H2,1-3H3,(H2,22,23,24). The van der Waals surface area contributed by atoms with E-state index >= 15 is 0 Å². The van der Waals surface area contributed by atoms with Gasteiger partial charge in [-0.25, -0.2) is 14.2 Å². The molecule has 1 fully saturated rings. The summed E-state index contributed by atoms with van der Waals surface area (Å²) in [6.07, 6.45) is 1.42. The highest BCUT2D eigenvalue weighted by atomic mass is 19.1. The van der Waals surface area contributed by atoms with Crippen molar-refractivity contribution < 1.29 is 18.7 Å². The molecule has 1 saturated heterocycles. The average Bonchev–Trinajstić information content (AvgIpc) is 2.69. The molecule has 1 aromatic carbocycles. The number of piperidine rings is 1. The minimum atomic E-state index is -0.270. The molecule has 7 nitrogen and oxygen atoms in total. The highest BCUT2D eigenvalue weighted by molar-refractivity contribution is 5.80. The fraction of sp³-hybridized carbons (Fsp3) is 0.600. The number of aliphatic imine (C=N–C) groups is 1. The molecule has 2 N–H and O–H groups in total. The Labute approximate surface area is 166 Å². The number of ether oxygens (including phenoxy) is 2. The number of hydrogen-bond acceptors (Lipinski definition) is 4. The number of amides is 1. The van der Waals surface area contributed by atoms with E-state index in [1.807, 2.05) is 13.8 Å². The molecule has 1 aromatic rings. The molecule has 1 aliphatic heterocycles. The van der Waals surface area contributed by atoms with Crippen molar-refractivity contribution in [3.63, 3.8) is 0 Å². The Morgan fingerprint density at radius 2 is 2.07 bits per heavy atom. The van der Waals surface area contributed by atoms with Gasteiger partial charge in [0.2, 0.25) is 0 Å². The lowest BCUT2D eigenvalue weighted by atomic mass is 10.1. The zero-order chi connectivity index (χ0) is 20.4. The Morgan fingerprint density at radius 3 is 2.71 bits per heavy atom. The first-order valence-corrected chi connectivity index (χ1v) is 9.80. The van der Waals surface area contributed by atoms with Gasteiger partial charge >= 0.3 is 6.09 Å². The summed E-state index contributed by atoms with van der Waals surface area (Å²) in [6, 6.07) is 5.20. The first kappa shape index (κ1) is 21.9. The number of carbonyl (C=O) groups excluding carboxylic acids is 1. The van der Waals surface area contributed by atoms with Gasteiger partial charge in [0, 0.05) is 38.3 Å². The Balaban J connectivity index is 1.92. The van der Waals surface area contributed by atoms with Gasteiger partial charge in [-0.2, -0.15) is 0 Å². The third kappa shape index (κ3) is 6.67. The summed E-state index contributed by atoms with van der Waals surface area (Å²) in [6.45, 7) is 6.95. The van der Waals surface area contributed by atoms with Crippen molar-refractivity contribution in [3.8, 4) is 0 Å². The van der Waals surface area contributed by atoms with Gasteiger partial charge in [0.05, 0.1) is 19.8 Å². The topological polar surface area (TPSA) is 75.2 Å². The molecule has 28 heavy (non-hydrogen) atoms. The molecule has 0 aliphatic carbocycles. The molecule has 156 valence electrons. The number of likely N-dealkylation sites (tertiary alicyclic amines) is 1. The van der Waals surface area contributed by atoms with Gasteiger partial charge in [-0.15, -0.1) is 0 Å². The van der Waals surface area contributed by atoms with Crippen LogP contribution >= 0.6 is 0 Å². The van der Waals surface area contributed by atoms with Crippen LogP contribution in [0, 0.1) is 5.82 Å². The lowest BCUT2D eigenvalue weighted by Crippen LogP contribution is -2.49. The molecule has 1 amide bonds. The zero-order valence-electron chi connectivity index (χ0n) is 17.0. The monoisotopic (exact) mass is 394 g/mol. The van der Waals surface area contributed by atoms with Gasteiger partial charge < -0.3 is 25.0 Å². The lowest BCUT2D eigenvalue weighted by Gasteiger charge is -2.32. The molecular weight excluding hydrogens is 363 g/mol. The number of rotatable bonds is 7. The molecule has 1 aliphatic rings. The van der Waals surface area contributed by atoms with Crippen LogP contribution in [0.1, 0.15) is 37.8 Å². The summed E-state index contributed by atoms with van der Waals surface area (Å²) >= 11 is 0. The van der Waals surface area contributed by atoms with E-state index in [1.54, 1.807) is 24.1 Å². The third-order valence-electron chi connectivity index (χ3n) is 4.54. The lowest BCUT2D eigenvalue weighted by molar-refractivity contribution is 0.0963. The van der Waals surface area contributed by atoms with Crippen molar-refractivity contribution in [1.82, 2.24) is 15.5 Å². The van der Waals surface area contributed by atoms with Gasteiger partial charge in [-0.3, -0.25) is 0 Å². The van der Waals surface area contributed by atoms with Gasteiger partial charge in [-0.05, 0) is 44.4 Å². The molecule has 8 heteroatoms. The van der Waals surface area contributed by atoms with Crippen molar-refractivity contribution in [1.29, 1.82) is 0 Å². The van der Waals surface area contributed by atoms with Crippen LogP contribution in [-0.4, -0.2) is 56.3 Å². The van der Waals surface area contributed by atoms with Crippen molar-refractivity contribution in [2.75, 3.05) is 33.4 Å². The fourth-order valence-electron chi connectivity index (χ4n) is 3.10. The van der Waals surface area contributed by atoms with Crippen molar-refractivity contribution in [2.45, 2.75) is 45.9 Å². The minimum absolute atomic E-state index is 0.237. The van der Waals surface area contributed by atoms with Crippen LogP contribution < -0.4 is 10.6 Å². The Bertz CT molecular complexity index is 661. The second-order valence-electron chi connectivity index (χ2n) is 6.66. The minimum Gasteiger partial charge on any atom is -0.450 e. The molecule has 0 aromatic heterocycles. The quantitative estimate of drug-likeness (QED) is 0.549. The fourth-order valence-corrected chi connectivity index (χ4v) is 3.10. The number of hydrogen-bond donors (Lipinski definition) is 2. The summed E-state index contributed by atoms with van der Waals surface area (Å²) in [5, 5.41) is 6.67. The number of benzene rings is 1. The molecule has 0 spiro atoms. The molecule has 0 saturated carbocycles. The van der Waals surface area contributed by atoms with Crippen LogP contribution in [0.15, 0.2) is 23.2 Å². The number of nitrogens with zero attached hydrogens (tertiary/aromatic N) is 2. The van der Waals surface area contributed by atoms with Crippen molar-refractivity contribution in [3.05, 3.63) is 35.1 Å². The second kappa shape index (κ2) is 11.5. The average molecular weight is 394 g/mol. The second-order valence-corrected chi connectivity index (χ2v) is 6.66. The van der Waals surface area contributed by atoms with Crippen molar-refractivity contribution >= 4 is 12.1 Å². The van der Waals surface area contributed by atoms with Crippen LogP contribution in [0.3, 0.4) is 0 Å². The maximum atomic E-state index is 13.7. The van der Waals surface area contributed by atoms with E-state index < -0.39 is 0 Å². The molecular formula is C20H31FN4O3. The smallest absolute Gasteiger partial charge is 0.409 e. The van der Waals surface area contributed by atoms with E-state index in [0.717, 1.165) is 30.9 Å². The highest BCUT2D eigenvalue weighted by Crippen LogP contribution is 2.14. The highest BCUT2D eigenvalue weighted by Gasteiger charge is 2.24. The van der Waals surface area contributed by atoms with Crippen LogP contribution in [0.5, 0.6) is 0 Å². The van der Waals surface area contributed by atoms with E-state index in [2.05, 4.69) is 15.6 Å². The van der Waals surface area contributed by atoms with Crippen LogP contribution in [0.4, 0.5) is 9.18 Å². The number of methoxy groups -OCH3 is 1. The molecule has 1 heterocycles. The molecule has 0 atom stereocenters. The normalized spacial score (nSPS) is 15.4. The van der Waals surface area contributed by atoms with Gasteiger partial charge in [0.25, 0.3) is 0 Å². The zero-order valence-corrected chi connectivity index (χ0v) is 17.0. The molecule has 2 rings (SSSR count). The predicted octanol–water partition coefficient (Wildman–Crippen LogP) is 2.65. The van der Waals surface area contributed by atoms with Gasteiger partial charge in [0.15, 0.2) is 5.96 Å². The first-order chi connectivity index (χ1) is 13.6. The molecule has 0 bridgehead atoms. The number of carbonyl (C=O) groups is 1. The summed E-state index contributed by atoms with van der Waals surface area (Å²) in [5.74, 6) is 0.447. The van der Waals surface area contributed by atoms with Crippen molar-refractivity contribution in [2.24, 2.45) is 4.99 Å². The number of halogens is 1. The number of guanidine groups is 1. The molecule has 0 radical (unpaired) electrons. The van der Waals surface area contributed by atoms with E-state index in [0.29, 0.717) is 31.8 Å². The summed E-state index contributed by atoms with van der Waals surface area (Å²) in [7, 11) is 1.55. The number of nitrogens with one attached hydrogen (secondary N) is 2. The Hall–Kier alpha value is -2.35. The maximum absolute atomic E-state index is 13.7. The summed E-state index contributed by atoms with van der Waals surface area (Å²) in [5.41, 5.74) is 1.45. The third-order valence-corrected chi connectivity index (χ3v) is 4.54. The van der Waals surface area contributed by atoms with E-state index in [-0.39, 0.29) is 24.6 Å². The van der Waals surface area contributed by atoms with Crippen LogP contribution in [0.25, 0.3) is 0 Å². The van der Waals surface area contributed by atoms with Gasteiger partial charge in [0.1, 0.15) is 5.82 Å². The van der Waals surface area contributed by atoms with Gasteiger partial charge in [-0.1, -0.05) is 6.07 Å². The first-order valence-electron chi connectivity index (χ1n) is 9.80. The SMILES string of the molecule is CCNC(=NCc1ccc(F)c(COC)c1)NC1CCN(C(=O)OCC)CC1. The summed E-state index contributed by atoms with van der Waals surface area (Å²) in [4.78, 5) is 18.2. The molecule has 0 unspecified atom stereocenters. The predicted molar refractivity (Wildman–Crippen MR) is 107 cm³/mol. The Morgan fingerprint density at radius 1 is 1.32 bits per heavy atom.